The molecule has 3 rings (SSSR count). The van der Waals surface area contributed by atoms with E-state index in [2.05, 4.69) is 5.32 Å². The van der Waals surface area contributed by atoms with E-state index in [1.165, 1.54) is 37.5 Å². The van der Waals surface area contributed by atoms with E-state index in [0.717, 1.165) is 0 Å². The maximum atomic E-state index is 12.5. The van der Waals surface area contributed by atoms with E-state index in [1.807, 2.05) is 6.07 Å². The third-order valence-electron chi connectivity index (χ3n) is 4.29. The van der Waals surface area contributed by atoms with E-state index in [1.54, 1.807) is 24.3 Å². The van der Waals surface area contributed by atoms with Gasteiger partial charge in [-0.05, 0) is 54.1 Å². The molecule has 1 amide bonds. The Labute approximate surface area is 198 Å². The lowest BCUT2D eigenvalue weighted by Crippen LogP contribution is -2.13. The monoisotopic (exact) mass is 486 g/mol. The van der Waals surface area contributed by atoms with E-state index < -0.39 is 11.9 Å². The van der Waals surface area contributed by atoms with Crippen LogP contribution < -0.4 is 14.8 Å². The smallest absolute Gasteiger partial charge is 0.371 e. The largest absolute Gasteiger partial charge is 0.493 e. The number of aromatic carboxylic acids is 1. The quantitative estimate of drug-likeness (QED) is 0.322. The van der Waals surface area contributed by atoms with Crippen molar-refractivity contribution >= 4 is 46.8 Å². The number of rotatable bonds is 8. The van der Waals surface area contributed by atoms with Gasteiger partial charge in [0.15, 0.2) is 11.5 Å². The molecule has 0 bridgehead atoms. The second-order valence-electron chi connectivity index (χ2n) is 6.52. The van der Waals surface area contributed by atoms with E-state index in [-0.39, 0.29) is 23.0 Å². The van der Waals surface area contributed by atoms with Crippen molar-refractivity contribution in [1.29, 1.82) is 5.26 Å². The Balaban J connectivity index is 1.75. The molecule has 10 heteroatoms. The Morgan fingerprint density at radius 1 is 1.15 bits per heavy atom. The van der Waals surface area contributed by atoms with E-state index >= 15 is 0 Å². The highest BCUT2D eigenvalue weighted by molar-refractivity contribution is 6.36. The fourth-order valence-corrected chi connectivity index (χ4v) is 3.16. The second-order valence-corrected chi connectivity index (χ2v) is 7.36. The molecule has 0 aliphatic rings. The summed E-state index contributed by atoms with van der Waals surface area (Å²) < 4.78 is 16.1. The summed E-state index contributed by atoms with van der Waals surface area (Å²) in [7, 11) is 1.44. The van der Waals surface area contributed by atoms with Gasteiger partial charge >= 0.3 is 5.97 Å². The second kappa shape index (κ2) is 10.6. The van der Waals surface area contributed by atoms with E-state index in [9.17, 15) is 14.9 Å². The molecule has 1 heterocycles. The Kier molecular flexibility index (Phi) is 7.61. The predicted molar refractivity (Wildman–Crippen MR) is 122 cm³/mol. The number of carbonyl (C=O) groups excluding carboxylic acids is 1. The molecule has 33 heavy (non-hydrogen) atoms. The molecule has 2 aromatic carbocycles. The lowest BCUT2D eigenvalue weighted by atomic mass is 10.1. The third-order valence-corrected chi connectivity index (χ3v) is 4.83. The minimum atomic E-state index is -1.18. The van der Waals surface area contributed by atoms with Crippen molar-refractivity contribution in [2.45, 2.75) is 6.61 Å². The number of carboxylic acids is 1. The van der Waals surface area contributed by atoms with Gasteiger partial charge in [-0.15, -0.1) is 0 Å². The summed E-state index contributed by atoms with van der Waals surface area (Å²) in [5, 5.41) is 21.6. The van der Waals surface area contributed by atoms with Gasteiger partial charge in [0.05, 0.1) is 17.8 Å². The first-order chi connectivity index (χ1) is 15.8. The Hall–Kier alpha value is -3.93. The van der Waals surface area contributed by atoms with Gasteiger partial charge < -0.3 is 24.3 Å². The van der Waals surface area contributed by atoms with Crippen LogP contribution in [0.25, 0.3) is 6.08 Å². The van der Waals surface area contributed by atoms with E-state index in [4.69, 9.17) is 42.2 Å². The van der Waals surface area contributed by atoms with Crippen molar-refractivity contribution in [1.82, 2.24) is 0 Å². The number of halogens is 2. The van der Waals surface area contributed by atoms with Crippen molar-refractivity contribution < 1.29 is 28.6 Å². The number of nitriles is 1. The molecule has 0 aliphatic heterocycles. The van der Waals surface area contributed by atoms with Crippen LogP contribution in [0.5, 0.6) is 11.5 Å². The van der Waals surface area contributed by atoms with Gasteiger partial charge in [-0.2, -0.15) is 5.26 Å². The summed E-state index contributed by atoms with van der Waals surface area (Å²) >= 11 is 11.9. The van der Waals surface area contributed by atoms with E-state index in [0.29, 0.717) is 33.5 Å². The molecular formula is C23H16Cl2N2O6. The van der Waals surface area contributed by atoms with Crippen molar-refractivity contribution in [2.75, 3.05) is 12.4 Å². The number of benzene rings is 2. The summed E-state index contributed by atoms with van der Waals surface area (Å²) in [6.07, 6.45) is 1.39. The first-order valence-corrected chi connectivity index (χ1v) is 10.1. The molecule has 0 atom stereocenters. The van der Waals surface area contributed by atoms with Gasteiger partial charge in [-0.25, -0.2) is 4.79 Å². The van der Waals surface area contributed by atoms with Gasteiger partial charge in [-0.3, -0.25) is 4.79 Å². The number of anilines is 1. The average Bonchev–Trinajstić information content (AvgIpc) is 3.27. The molecule has 0 aliphatic carbocycles. The molecular weight excluding hydrogens is 471 g/mol. The summed E-state index contributed by atoms with van der Waals surface area (Å²) in [6, 6.07) is 14.1. The van der Waals surface area contributed by atoms with Crippen LogP contribution in [0.15, 0.2) is 58.5 Å². The number of furan rings is 1. The number of carbonyl (C=O) groups is 2. The molecule has 0 radical (unpaired) electrons. The van der Waals surface area contributed by atoms with Gasteiger partial charge in [0, 0.05) is 5.02 Å². The topological polar surface area (TPSA) is 122 Å². The normalized spacial score (nSPS) is 10.9. The summed E-state index contributed by atoms with van der Waals surface area (Å²) in [5.74, 6) is -0.990. The highest BCUT2D eigenvalue weighted by Crippen LogP contribution is 2.30. The van der Waals surface area contributed by atoms with Gasteiger partial charge in [0.25, 0.3) is 5.91 Å². The van der Waals surface area contributed by atoms with Crippen LogP contribution in [0.1, 0.15) is 21.9 Å². The summed E-state index contributed by atoms with van der Waals surface area (Å²) in [4.78, 5) is 23.4. The minimum absolute atomic E-state index is 0.0213. The van der Waals surface area contributed by atoms with Crippen molar-refractivity contribution in [2.24, 2.45) is 0 Å². The fraction of sp³-hybridized carbons (Fsp3) is 0.0870. The summed E-state index contributed by atoms with van der Waals surface area (Å²) in [5.41, 5.74) is 0.672. The van der Waals surface area contributed by atoms with Crippen molar-refractivity contribution in [3.05, 3.63) is 81.2 Å². The molecule has 0 unspecified atom stereocenters. The van der Waals surface area contributed by atoms with Crippen LogP contribution in [0, 0.1) is 11.3 Å². The third kappa shape index (κ3) is 6.07. The zero-order valence-electron chi connectivity index (χ0n) is 17.1. The lowest BCUT2D eigenvalue weighted by molar-refractivity contribution is -0.112. The number of amides is 1. The van der Waals surface area contributed by atoms with Gasteiger partial charge in [-0.1, -0.05) is 29.3 Å². The first kappa shape index (κ1) is 23.7. The number of carboxylic acid groups (broad SMARTS) is 1. The van der Waals surface area contributed by atoms with Crippen LogP contribution >= 0.6 is 23.2 Å². The van der Waals surface area contributed by atoms with Crippen LogP contribution in [0.4, 0.5) is 5.69 Å². The zero-order valence-corrected chi connectivity index (χ0v) is 18.6. The van der Waals surface area contributed by atoms with Crippen molar-refractivity contribution in [3.63, 3.8) is 0 Å². The van der Waals surface area contributed by atoms with Crippen molar-refractivity contribution in [3.8, 4) is 17.6 Å². The predicted octanol–water partition coefficient (Wildman–Crippen LogP) is 5.42. The molecule has 0 spiro atoms. The molecule has 0 fully saturated rings. The number of hydrogen-bond acceptors (Lipinski definition) is 6. The molecule has 0 saturated carbocycles. The molecule has 168 valence electrons. The SMILES string of the molecule is COc1cc(C=C(C#N)C(=O)Nc2ccc(Cl)cc2Cl)ccc1OCc1ccc(C(=O)O)o1. The van der Waals surface area contributed by atoms with Crippen LogP contribution in [0.2, 0.25) is 10.0 Å². The van der Waals surface area contributed by atoms with Crippen LogP contribution in [-0.2, 0) is 11.4 Å². The van der Waals surface area contributed by atoms with Crippen LogP contribution in [0.3, 0.4) is 0 Å². The van der Waals surface area contributed by atoms with Gasteiger partial charge in [0.1, 0.15) is 24.0 Å². The standard InChI is InChI=1S/C23H16Cl2N2O6/c1-31-21-9-13(2-6-19(21)32-12-16-4-7-20(33-16)23(29)30)8-14(11-26)22(28)27-18-5-3-15(24)10-17(18)25/h2-10H,12H2,1H3,(H,27,28)(H,29,30). The number of ether oxygens (including phenoxy) is 2. The van der Waals surface area contributed by atoms with Crippen LogP contribution in [-0.4, -0.2) is 24.1 Å². The zero-order chi connectivity index (χ0) is 24.0. The highest BCUT2D eigenvalue weighted by Gasteiger charge is 2.14. The number of nitrogens with one attached hydrogen (secondary N) is 1. The Morgan fingerprint density at radius 3 is 2.58 bits per heavy atom. The number of hydrogen-bond donors (Lipinski definition) is 2. The summed E-state index contributed by atoms with van der Waals surface area (Å²) in [6.45, 7) is -0.0213. The molecule has 1 aromatic heterocycles. The first-order valence-electron chi connectivity index (χ1n) is 9.31. The number of nitrogens with zero attached hydrogens (tertiary/aromatic N) is 1. The molecule has 8 nitrogen and oxygen atoms in total. The lowest BCUT2D eigenvalue weighted by Gasteiger charge is -2.11. The maximum Gasteiger partial charge on any atom is 0.371 e. The maximum absolute atomic E-state index is 12.5. The Morgan fingerprint density at radius 2 is 1.94 bits per heavy atom. The number of methoxy groups -OCH3 is 1. The Bertz CT molecular complexity index is 1280. The molecule has 2 N–H and O–H groups in total. The molecule has 0 saturated heterocycles. The average molecular weight is 487 g/mol. The highest BCUT2D eigenvalue weighted by atomic mass is 35.5. The van der Waals surface area contributed by atoms with Gasteiger partial charge in [0.2, 0.25) is 5.76 Å². The fourth-order valence-electron chi connectivity index (χ4n) is 2.71. The minimum Gasteiger partial charge on any atom is -0.493 e. The molecule has 3 aromatic rings.